The number of hydrogen-bond donors (Lipinski definition) is 0. The summed E-state index contributed by atoms with van der Waals surface area (Å²) in [6.07, 6.45) is 12.8. The van der Waals surface area contributed by atoms with Crippen molar-refractivity contribution in [3.8, 4) is 11.5 Å². The first-order valence-electron chi connectivity index (χ1n) is 20.3. The van der Waals surface area contributed by atoms with Gasteiger partial charge in [-0.2, -0.15) is 0 Å². The Kier molecular flexibility index (Phi) is 20.2. The van der Waals surface area contributed by atoms with Crippen LogP contribution in [0.5, 0.6) is 11.5 Å². The van der Waals surface area contributed by atoms with Gasteiger partial charge in [-0.15, -0.1) is 0 Å². The number of carbonyl (C=O) groups is 1. The van der Waals surface area contributed by atoms with Crippen LogP contribution in [0.4, 0.5) is 0 Å². The summed E-state index contributed by atoms with van der Waals surface area (Å²) < 4.78 is 62.9. The molecule has 0 spiro atoms. The van der Waals surface area contributed by atoms with E-state index in [2.05, 4.69) is 34.6 Å². The molecule has 0 radical (unpaired) electrons. The van der Waals surface area contributed by atoms with Gasteiger partial charge in [0.05, 0.1) is 26.4 Å². The standard InChI is InChI=1S/C41H74O9P2/c1-13-45-51(43,46-14-2)38(52(44,47-15-3)48-16-4)26-25-37(42)49-39-33(9)34(10)40-36(35(39)11)27-29-41(12,50-40)28-19-24-32(8)23-18-22-31(7)21-17-20-30(5)6/h30-32,38H,13-29H2,1-12H3. The van der Waals surface area contributed by atoms with Crippen molar-refractivity contribution in [2.45, 2.75) is 178 Å². The Morgan fingerprint density at radius 3 is 1.67 bits per heavy atom. The zero-order valence-electron chi connectivity index (χ0n) is 34.9. The highest BCUT2D eigenvalue weighted by Crippen LogP contribution is 2.71. The molecule has 0 aliphatic carbocycles. The number of ether oxygens (including phenoxy) is 2. The fourth-order valence-corrected chi connectivity index (χ4v) is 12.8. The molecule has 1 aromatic rings. The molecule has 0 amide bonds. The van der Waals surface area contributed by atoms with Crippen molar-refractivity contribution in [2.24, 2.45) is 17.8 Å². The second-order valence-electron chi connectivity index (χ2n) is 15.7. The smallest absolute Gasteiger partial charge is 0.345 e. The monoisotopic (exact) mass is 772 g/mol. The first kappa shape index (κ1) is 46.9. The van der Waals surface area contributed by atoms with E-state index in [-0.39, 0.29) is 44.9 Å². The van der Waals surface area contributed by atoms with Crippen molar-refractivity contribution in [1.29, 1.82) is 0 Å². The van der Waals surface area contributed by atoms with Gasteiger partial charge in [0.15, 0.2) is 5.40 Å². The van der Waals surface area contributed by atoms with Crippen LogP contribution in [0.25, 0.3) is 0 Å². The van der Waals surface area contributed by atoms with E-state index in [0.717, 1.165) is 71.4 Å². The van der Waals surface area contributed by atoms with Crippen LogP contribution in [0, 0.1) is 38.5 Å². The summed E-state index contributed by atoms with van der Waals surface area (Å²) in [5.41, 5.74) is 3.55. The van der Waals surface area contributed by atoms with Gasteiger partial charge in [0.25, 0.3) is 0 Å². The Balaban J connectivity index is 2.08. The van der Waals surface area contributed by atoms with Crippen molar-refractivity contribution < 1.29 is 41.5 Å². The lowest BCUT2D eigenvalue weighted by atomic mass is 9.83. The zero-order chi connectivity index (χ0) is 39.1. The van der Waals surface area contributed by atoms with Crippen molar-refractivity contribution in [2.75, 3.05) is 26.4 Å². The molecule has 1 aliphatic heterocycles. The van der Waals surface area contributed by atoms with Crippen molar-refractivity contribution in [1.82, 2.24) is 0 Å². The van der Waals surface area contributed by atoms with Crippen LogP contribution >= 0.6 is 15.2 Å². The molecule has 0 bridgehead atoms. The molecule has 302 valence electrons. The summed E-state index contributed by atoms with van der Waals surface area (Å²) in [7, 11) is -7.94. The molecule has 0 aromatic heterocycles. The quantitative estimate of drug-likeness (QED) is 0.0516. The number of fused-ring (bicyclic) bond motifs is 1. The van der Waals surface area contributed by atoms with E-state index in [1.165, 1.54) is 44.9 Å². The SMILES string of the molecule is CCOP(=O)(OCC)C(CCC(=O)Oc1c(C)c(C)c2c(c1C)CCC(C)(CCCC(C)CCCC(C)CCCC(C)C)O2)P(=O)(OCC)OCC. The van der Waals surface area contributed by atoms with E-state index in [1.54, 1.807) is 27.7 Å². The number of hydrogen-bond acceptors (Lipinski definition) is 9. The van der Waals surface area contributed by atoms with Crippen LogP contribution in [-0.4, -0.2) is 43.4 Å². The zero-order valence-corrected chi connectivity index (χ0v) is 36.7. The normalized spacial score (nSPS) is 17.7. The Labute approximate surface area is 317 Å². The molecule has 52 heavy (non-hydrogen) atoms. The van der Waals surface area contributed by atoms with Gasteiger partial charge in [-0.05, 0) is 122 Å². The van der Waals surface area contributed by atoms with Gasteiger partial charge in [-0.25, -0.2) is 0 Å². The number of carbonyl (C=O) groups excluding carboxylic acids is 1. The minimum Gasteiger partial charge on any atom is -0.487 e. The molecule has 0 saturated heterocycles. The fourth-order valence-electron chi connectivity index (χ4n) is 7.45. The molecule has 0 N–H and O–H groups in total. The van der Waals surface area contributed by atoms with Gasteiger partial charge in [0.2, 0.25) is 0 Å². The Bertz CT molecular complexity index is 1300. The predicted octanol–water partition coefficient (Wildman–Crippen LogP) is 12.7. The largest absolute Gasteiger partial charge is 0.487 e. The third kappa shape index (κ3) is 13.8. The Hall–Kier alpha value is -1.21. The molecule has 1 aromatic carbocycles. The molecule has 3 atom stereocenters. The second kappa shape index (κ2) is 22.4. The van der Waals surface area contributed by atoms with Crippen LogP contribution in [0.15, 0.2) is 0 Å². The molecule has 0 saturated carbocycles. The topological polar surface area (TPSA) is 107 Å². The summed E-state index contributed by atoms with van der Waals surface area (Å²) in [5.74, 6) is 3.24. The summed E-state index contributed by atoms with van der Waals surface area (Å²) >= 11 is 0. The highest BCUT2D eigenvalue weighted by Gasteiger charge is 2.50. The van der Waals surface area contributed by atoms with Crippen LogP contribution < -0.4 is 9.47 Å². The molecular formula is C41H74O9P2. The van der Waals surface area contributed by atoms with Gasteiger partial charge < -0.3 is 27.6 Å². The minimum absolute atomic E-state index is 0.0712. The third-order valence-corrected chi connectivity index (χ3v) is 16.8. The van der Waals surface area contributed by atoms with Crippen LogP contribution in [0.1, 0.15) is 162 Å². The highest BCUT2D eigenvalue weighted by molar-refractivity contribution is 7.72. The molecule has 1 aliphatic rings. The molecular weight excluding hydrogens is 698 g/mol. The maximum atomic E-state index is 13.9. The average molecular weight is 773 g/mol. The Morgan fingerprint density at radius 2 is 1.19 bits per heavy atom. The maximum absolute atomic E-state index is 13.9. The Morgan fingerprint density at radius 1 is 0.712 bits per heavy atom. The lowest BCUT2D eigenvalue weighted by Crippen LogP contribution is -2.37. The summed E-state index contributed by atoms with van der Waals surface area (Å²) in [5, 5.41) is -1.28. The summed E-state index contributed by atoms with van der Waals surface area (Å²) in [6.45, 7) is 24.6. The average Bonchev–Trinajstić information content (AvgIpc) is 3.06. The second-order valence-corrected chi connectivity index (χ2v) is 20.5. The van der Waals surface area contributed by atoms with E-state index < -0.39 is 26.6 Å². The van der Waals surface area contributed by atoms with Crippen LogP contribution in [0.2, 0.25) is 0 Å². The van der Waals surface area contributed by atoms with Crippen LogP contribution in [-0.2, 0) is 38.4 Å². The van der Waals surface area contributed by atoms with Crippen LogP contribution in [0.3, 0.4) is 0 Å². The molecule has 11 heteroatoms. The summed E-state index contributed by atoms with van der Waals surface area (Å²) in [4.78, 5) is 13.4. The maximum Gasteiger partial charge on any atom is 0.345 e. The first-order chi connectivity index (χ1) is 24.5. The van der Waals surface area contributed by atoms with Crippen molar-refractivity contribution >= 4 is 21.2 Å². The van der Waals surface area contributed by atoms with Gasteiger partial charge >= 0.3 is 21.2 Å². The molecule has 1 heterocycles. The molecule has 9 nitrogen and oxygen atoms in total. The number of esters is 1. The van der Waals surface area contributed by atoms with Crippen molar-refractivity contribution in [3.05, 3.63) is 22.3 Å². The lowest BCUT2D eigenvalue weighted by molar-refractivity contribution is -0.134. The number of rotatable bonds is 26. The summed E-state index contributed by atoms with van der Waals surface area (Å²) in [6, 6.07) is 0. The number of benzene rings is 1. The van der Waals surface area contributed by atoms with E-state index in [4.69, 9.17) is 27.6 Å². The highest BCUT2D eigenvalue weighted by atomic mass is 31.2. The molecule has 2 rings (SSSR count). The van der Waals surface area contributed by atoms with Gasteiger partial charge in [-0.3, -0.25) is 13.9 Å². The molecule has 0 fully saturated rings. The van der Waals surface area contributed by atoms with E-state index in [9.17, 15) is 13.9 Å². The minimum atomic E-state index is -3.97. The van der Waals surface area contributed by atoms with Gasteiger partial charge in [-0.1, -0.05) is 72.6 Å². The molecule has 3 unspecified atom stereocenters. The first-order valence-corrected chi connectivity index (χ1v) is 23.5. The fraction of sp³-hybridized carbons (Fsp3) is 0.829. The van der Waals surface area contributed by atoms with E-state index in [0.29, 0.717) is 5.75 Å². The van der Waals surface area contributed by atoms with E-state index in [1.807, 2.05) is 20.8 Å². The van der Waals surface area contributed by atoms with Gasteiger partial charge in [0.1, 0.15) is 17.1 Å². The van der Waals surface area contributed by atoms with Gasteiger partial charge in [0, 0.05) is 12.0 Å². The van der Waals surface area contributed by atoms with Crippen molar-refractivity contribution in [3.63, 3.8) is 0 Å². The van der Waals surface area contributed by atoms with E-state index >= 15 is 0 Å². The predicted molar refractivity (Wildman–Crippen MR) is 213 cm³/mol. The lowest BCUT2D eigenvalue weighted by Gasteiger charge is -2.38. The third-order valence-electron chi connectivity index (χ3n) is 10.6.